The van der Waals surface area contributed by atoms with Gasteiger partial charge in [0.1, 0.15) is 0 Å². The van der Waals surface area contributed by atoms with Crippen LogP contribution in [-0.4, -0.2) is 37.8 Å². The number of carbonyl (C=O) groups excluding carboxylic acids is 1. The number of pyridine rings is 1. The predicted octanol–water partition coefficient (Wildman–Crippen LogP) is 5.09. The Morgan fingerprint density at radius 3 is 2.70 bits per heavy atom. The molecule has 0 unspecified atom stereocenters. The molecular formula is C25H23N5O2S. The van der Waals surface area contributed by atoms with Gasteiger partial charge >= 0.3 is 0 Å². The van der Waals surface area contributed by atoms with Crippen LogP contribution in [0.4, 0.5) is 0 Å². The summed E-state index contributed by atoms with van der Waals surface area (Å²) < 4.78 is 7.31. The van der Waals surface area contributed by atoms with Crippen molar-refractivity contribution < 1.29 is 9.32 Å². The van der Waals surface area contributed by atoms with E-state index in [9.17, 15) is 4.79 Å². The zero-order valence-electron chi connectivity index (χ0n) is 18.6. The summed E-state index contributed by atoms with van der Waals surface area (Å²) in [5, 5.41) is 9.16. The van der Waals surface area contributed by atoms with Crippen LogP contribution >= 0.6 is 11.3 Å². The fourth-order valence-corrected chi connectivity index (χ4v) is 4.69. The van der Waals surface area contributed by atoms with E-state index in [2.05, 4.69) is 27.4 Å². The van der Waals surface area contributed by atoms with Crippen molar-refractivity contribution in [3.8, 4) is 10.6 Å². The molecule has 1 amide bonds. The van der Waals surface area contributed by atoms with E-state index in [0.717, 1.165) is 10.4 Å². The lowest BCUT2D eigenvalue weighted by Crippen LogP contribution is -2.26. The van der Waals surface area contributed by atoms with Gasteiger partial charge in [0.2, 0.25) is 0 Å². The van der Waals surface area contributed by atoms with E-state index in [4.69, 9.17) is 4.52 Å². The third kappa shape index (κ3) is 4.29. The highest BCUT2D eigenvalue weighted by atomic mass is 32.1. The molecule has 7 nitrogen and oxygen atoms in total. The Balaban J connectivity index is 1.41. The molecule has 4 aromatic heterocycles. The number of hydrogen-bond acceptors (Lipinski definition) is 6. The second kappa shape index (κ2) is 8.63. The lowest BCUT2D eigenvalue weighted by atomic mass is 10.1. The third-order valence-electron chi connectivity index (χ3n) is 5.48. The monoisotopic (exact) mass is 457 g/mol. The lowest BCUT2D eigenvalue weighted by Gasteiger charge is -2.17. The molecule has 33 heavy (non-hydrogen) atoms. The summed E-state index contributed by atoms with van der Waals surface area (Å²) in [6.45, 7) is 5.00. The van der Waals surface area contributed by atoms with Crippen molar-refractivity contribution in [3.05, 3.63) is 88.2 Å². The molecule has 0 bridgehead atoms. The normalized spacial score (nSPS) is 11.2. The van der Waals surface area contributed by atoms with E-state index in [0.29, 0.717) is 41.1 Å². The van der Waals surface area contributed by atoms with Gasteiger partial charge in [-0.2, -0.15) is 5.10 Å². The van der Waals surface area contributed by atoms with Crippen LogP contribution in [0.3, 0.4) is 0 Å². The number of nitrogens with zero attached hydrogens (tertiary/aromatic N) is 5. The second-order valence-electron chi connectivity index (χ2n) is 8.11. The first-order chi connectivity index (χ1) is 16.0. The van der Waals surface area contributed by atoms with Crippen LogP contribution in [0.5, 0.6) is 0 Å². The van der Waals surface area contributed by atoms with Crippen molar-refractivity contribution in [1.29, 1.82) is 0 Å². The maximum Gasteiger partial charge on any atom is 0.259 e. The number of carbonyl (C=O) groups is 1. The van der Waals surface area contributed by atoms with Gasteiger partial charge < -0.3 is 9.42 Å². The molecular weight excluding hydrogens is 434 g/mol. The Morgan fingerprint density at radius 2 is 1.94 bits per heavy atom. The number of benzene rings is 1. The summed E-state index contributed by atoms with van der Waals surface area (Å²) >= 11 is 1.63. The smallest absolute Gasteiger partial charge is 0.259 e. The summed E-state index contributed by atoms with van der Waals surface area (Å²) in [4.78, 5) is 22.0. The first-order valence-electron chi connectivity index (χ1n) is 10.6. The van der Waals surface area contributed by atoms with Crippen molar-refractivity contribution in [1.82, 2.24) is 24.8 Å². The van der Waals surface area contributed by atoms with Gasteiger partial charge in [0.15, 0.2) is 0 Å². The molecule has 0 aliphatic rings. The highest BCUT2D eigenvalue weighted by Gasteiger charge is 2.22. The van der Waals surface area contributed by atoms with Crippen LogP contribution in [0.2, 0.25) is 0 Å². The molecule has 5 aromatic rings. The molecule has 5 rings (SSSR count). The van der Waals surface area contributed by atoms with Gasteiger partial charge in [-0.1, -0.05) is 35.5 Å². The quantitative estimate of drug-likeness (QED) is 0.355. The summed E-state index contributed by atoms with van der Waals surface area (Å²) in [6.07, 6.45) is 3.78. The zero-order chi connectivity index (χ0) is 22.9. The largest absolute Gasteiger partial charge is 0.337 e. The molecule has 0 saturated carbocycles. The fraction of sp³-hybridized carbons (Fsp3) is 0.200. The maximum atomic E-state index is 13.5. The molecule has 4 heterocycles. The van der Waals surface area contributed by atoms with Crippen LogP contribution in [0, 0.1) is 13.8 Å². The van der Waals surface area contributed by atoms with Gasteiger partial charge in [-0.05, 0) is 37.6 Å². The summed E-state index contributed by atoms with van der Waals surface area (Å²) in [5.74, 6) is -0.112. The van der Waals surface area contributed by atoms with E-state index in [-0.39, 0.29) is 5.91 Å². The number of aryl methyl sites for hydroxylation is 2. The molecule has 0 aliphatic carbocycles. The van der Waals surface area contributed by atoms with Crippen LogP contribution in [0.1, 0.15) is 32.1 Å². The topological polar surface area (TPSA) is 77.0 Å². The van der Waals surface area contributed by atoms with Gasteiger partial charge in [0, 0.05) is 30.2 Å². The second-order valence-corrected chi connectivity index (χ2v) is 9.39. The molecule has 0 fully saturated rings. The molecule has 8 heteroatoms. The average Bonchev–Trinajstić information content (AvgIpc) is 3.54. The highest BCUT2D eigenvalue weighted by Crippen LogP contribution is 2.31. The number of amides is 1. The lowest BCUT2D eigenvalue weighted by molar-refractivity contribution is 0.0787. The summed E-state index contributed by atoms with van der Waals surface area (Å²) in [6, 6.07) is 16.1. The Labute approximate surface area is 195 Å². The Bertz CT molecular complexity index is 1430. The Hall–Kier alpha value is -3.78. The maximum absolute atomic E-state index is 13.5. The van der Waals surface area contributed by atoms with E-state index < -0.39 is 0 Å². The molecule has 0 aliphatic heterocycles. The van der Waals surface area contributed by atoms with Crippen molar-refractivity contribution in [2.24, 2.45) is 0 Å². The predicted molar refractivity (Wildman–Crippen MR) is 128 cm³/mol. The standard InChI is InChI=1S/C25H23N5O2S/c1-16-9-10-22(33-16)21-11-20(23-17(2)28-32-24(23)27-21)25(31)29(3)13-19-12-26-30(15-19)14-18-7-5-4-6-8-18/h4-12,15H,13-14H2,1-3H3. The van der Waals surface area contributed by atoms with Gasteiger partial charge in [0.05, 0.1) is 40.0 Å². The first kappa shape index (κ1) is 21.1. The zero-order valence-corrected chi connectivity index (χ0v) is 19.5. The molecule has 0 saturated heterocycles. The summed E-state index contributed by atoms with van der Waals surface area (Å²) in [5.41, 5.74) is 4.42. The van der Waals surface area contributed by atoms with Crippen molar-refractivity contribution in [2.45, 2.75) is 26.9 Å². The Kier molecular flexibility index (Phi) is 5.51. The van der Waals surface area contributed by atoms with E-state index in [1.54, 1.807) is 29.5 Å². The molecule has 0 atom stereocenters. The Morgan fingerprint density at radius 1 is 1.12 bits per heavy atom. The van der Waals surface area contributed by atoms with Crippen LogP contribution in [-0.2, 0) is 13.1 Å². The number of aromatic nitrogens is 4. The van der Waals surface area contributed by atoms with Crippen LogP contribution in [0.15, 0.2) is 65.4 Å². The minimum atomic E-state index is -0.112. The van der Waals surface area contributed by atoms with Gasteiger partial charge in [-0.3, -0.25) is 9.48 Å². The van der Waals surface area contributed by atoms with E-state index >= 15 is 0 Å². The fourth-order valence-electron chi connectivity index (χ4n) is 3.86. The first-order valence-corrected chi connectivity index (χ1v) is 11.4. The molecule has 166 valence electrons. The molecule has 0 N–H and O–H groups in total. The average molecular weight is 458 g/mol. The highest BCUT2D eigenvalue weighted by molar-refractivity contribution is 7.15. The number of fused-ring (bicyclic) bond motifs is 1. The van der Waals surface area contributed by atoms with Crippen LogP contribution in [0.25, 0.3) is 21.7 Å². The molecule has 1 aromatic carbocycles. The van der Waals surface area contributed by atoms with Gasteiger partial charge in [-0.25, -0.2) is 4.98 Å². The van der Waals surface area contributed by atoms with Crippen molar-refractivity contribution >= 4 is 28.3 Å². The number of rotatable bonds is 6. The minimum absolute atomic E-state index is 0.112. The van der Waals surface area contributed by atoms with Crippen molar-refractivity contribution in [3.63, 3.8) is 0 Å². The number of hydrogen-bond donors (Lipinski definition) is 0. The van der Waals surface area contributed by atoms with Crippen LogP contribution < -0.4 is 0 Å². The van der Waals surface area contributed by atoms with E-state index in [1.807, 2.05) is 61.1 Å². The van der Waals surface area contributed by atoms with Gasteiger partial charge in [-0.15, -0.1) is 11.3 Å². The molecule has 0 spiro atoms. The van der Waals surface area contributed by atoms with Crippen molar-refractivity contribution in [2.75, 3.05) is 7.05 Å². The summed E-state index contributed by atoms with van der Waals surface area (Å²) in [7, 11) is 1.79. The van der Waals surface area contributed by atoms with Gasteiger partial charge in [0.25, 0.3) is 11.6 Å². The minimum Gasteiger partial charge on any atom is -0.337 e. The molecule has 0 radical (unpaired) electrons. The van der Waals surface area contributed by atoms with E-state index in [1.165, 1.54) is 10.4 Å². The third-order valence-corrected chi connectivity index (χ3v) is 6.50. The number of thiophene rings is 1. The SMILES string of the molecule is Cc1ccc(-c2cc(C(=O)N(C)Cc3cnn(Cc4ccccc4)c3)c3c(C)noc3n2)s1.